The van der Waals surface area contributed by atoms with Crippen LogP contribution in [0.3, 0.4) is 0 Å². The Morgan fingerprint density at radius 1 is 1.44 bits per heavy atom. The SMILES string of the molecule is CCc1cc(CC(O)c2ccc(Cl)cn2)n(C)n1. The van der Waals surface area contributed by atoms with Gasteiger partial charge >= 0.3 is 0 Å². The molecular weight excluding hydrogens is 250 g/mol. The van der Waals surface area contributed by atoms with Gasteiger partial charge in [-0.3, -0.25) is 9.67 Å². The minimum atomic E-state index is -0.637. The van der Waals surface area contributed by atoms with E-state index < -0.39 is 6.10 Å². The molecular formula is C13H16ClN3O. The van der Waals surface area contributed by atoms with Crippen molar-refractivity contribution < 1.29 is 5.11 Å². The maximum absolute atomic E-state index is 10.1. The van der Waals surface area contributed by atoms with Gasteiger partial charge in [0.05, 0.1) is 16.4 Å². The summed E-state index contributed by atoms with van der Waals surface area (Å²) >= 11 is 5.77. The van der Waals surface area contributed by atoms with Crippen molar-refractivity contribution in [2.24, 2.45) is 7.05 Å². The predicted molar refractivity (Wildman–Crippen MR) is 70.5 cm³/mol. The summed E-state index contributed by atoms with van der Waals surface area (Å²) in [7, 11) is 1.89. The molecule has 0 saturated heterocycles. The molecule has 96 valence electrons. The van der Waals surface area contributed by atoms with Gasteiger partial charge in [0.15, 0.2) is 0 Å². The van der Waals surface area contributed by atoms with Crippen molar-refractivity contribution in [1.29, 1.82) is 0 Å². The largest absolute Gasteiger partial charge is 0.386 e. The molecule has 18 heavy (non-hydrogen) atoms. The molecule has 2 rings (SSSR count). The topological polar surface area (TPSA) is 50.9 Å². The first kappa shape index (κ1) is 13.1. The highest BCUT2D eigenvalue weighted by Gasteiger charge is 2.13. The van der Waals surface area contributed by atoms with Gasteiger partial charge in [-0.05, 0) is 24.6 Å². The first-order valence-electron chi connectivity index (χ1n) is 5.91. The second-order valence-electron chi connectivity index (χ2n) is 4.23. The van der Waals surface area contributed by atoms with Crippen molar-refractivity contribution in [3.63, 3.8) is 0 Å². The van der Waals surface area contributed by atoms with Crippen molar-refractivity contribution in [1.82, 2.24) is 14.8 Å². The molecule has 0 aromatic carbocycles. The molecule has 0 fully saturated rings. The minimum absolute atomic E-state index is 0.498. The van der Waals surface area contributed by atoms with Crippen molar-refractivity contribution in [3.05, 3.63) is 46.5 Å². The molecule has 4 nitrogen and oxygen atoms in total. The molecule has 1 N–H and O–H groups in total. The third-order valence-corrected chi connectivity index (χ3v) is 3.11. The van der Waals surface area contributed by atoms with E-state index in [4.69, 9.17) is 11.6 Å². The lowest BCUT2D eigenvalue weighted by Crippen LogP contribution is -2.07. The number of aliphatic hydroxyl groups excluding tert-OH is 1. The Labute approximate surface area is 111 Å². The van der Waals surface area contributed by atoms with Crippen molar-refractivity contribution in [3.8, 4) is 0 Å². The first-order valence-corrected chi connectivity index (χ1v) is 6.29. The normalized spacial score (nSPS) is 12.7. The van der Waals surface area contributed by atoms with E-state index in [1.54, 1.807) is 23.0 Å². The molecule has 1 unspecified atom stereocenters. The average Bonchev–Trinajstić information content (AvgIpc) is 2.71. The number of aryl methyl sites for hydroxylation is 2. The maximum Gasteiger partial charge on any atom is 0.101 e. The van der Waals surface area contributed by atoms with E-state index in [9.17, 15) is 5.11 Å². The standard InChI is InChI=1S/C13H16ClN3O/c1-3-10-6-11(17(2)16-10)7-13(18)12-5-4-9(14)8-15-12/h4-6,8,13,18H,3,7H2,1-2H3. The molecule has 0 radical (unpaired) electrons. The van der Waals surface area contributed by atoms with Crippen LogP contribution in [0.25, 0.3) is 0 Å². The lowest BCUT2D eigenvalue weighted by molar-refractivity contribution is 0.171. The van der Waals surface area contributed by atoms with E-state index in [0.717, 1.165) is 17.8 Å². The van der Waals surface area contributed by atoms with Crippen LogP contribution >= 0.6 is 11.6 Å². The van der Waals surface area contributed by atoms with Crippen LogP contribution in [0.5, 0.6) is 0 Å². The molecule has 2 heterocycles. The van der Waals surface area contributed by atoms with Crippen LogP contribution in [0.2, 0.25) is 5.02 Å². The van der Waals surface area contributed by atoms with Crippen LogP contribution in [-0.4, -0.2) is 19.9 Å². The van der Waals surface area contributed by atoms with E-state index in [-0.39, 0.29) is 0 Å². The second-order valence-corrected chi connectivity index (χ2v) is 4.66. The quantitative estimate of drug-likeness (QED) is 0.923. The van der Waals surface area contributed by atoms with Crippen LogP contribution in [0.4, 0.5) is 0 Å². The van der Waals surface area contributed by atoms with E-state index in [0.29, 0.717) is 17.1 Å². The van der Waals surface area contributed by atoms with Gasteiger partial charge in [0.2, 0.25) is 0 Å². The van der Waals surface area contributed by atoms with Gasteiger partial charge < -0.3 is 5.11 Å². The third-order valence-electron chi connectivity index (χ3n) is 2.88. The van der Waals surface area contributed by atoms with Crippen LogP contribution < -0.4 is 0 Å². The van der Waals surface area contributed by atoms with E-state index in [1.165, 1.54) is 0 Å². The summed E-state index contributed by atoms with van der Waals surface area (Å²) in [5.41, 5.74) is 2.65. The summed E-state index contributed by atoms with van der Waals surface area (Å²) in [6.45, 7) is 2.06. The number of rotatable bonds is 4. The predicted octanol–water partition coefficient (Wildman–Crippen LogP) is 2.31. The fourth-order valence-electron chi connectivity index (χ4n) is 1.82. The highest BCUT2D eigenvalue weighted by molar-refractivity contribution is 6.30. The van der Waals surface area contributed by atoms with Crippen molar-refractivity contribution in [2.75, 3.05) is 0 Å². The van der Waals surface area contributed by atoms with E-state index >= 15 is 0 Å². The maximum atomic E-state index is 10.1. The zero-order valence-electron chi connectivity index (χ0n) is 10.5. The molecule has 0 aliphatic heterocycles. The van der Waals surface area contributed by atoms with Gasteiger partial charge in [0.1, 0.15) is 6.10 Å². The Morgan fingerprint density at radius 3 is 2.78 bits per heavy atom. The van der Waals surface area contributed by atoms with Crippen LogP contribution in [-0.2, 0) is 19.9 Å². The molecule has 0 bridgehead atoms. The molecule has 0 amide bonds. The second kappa shape index (κ2) is 5.50. The summed E-state index contributed by atoms with van der Waals surface area (Å²) in [5.74, 6) is 0. The van der Waals surface area contributed by atoms with Crippen LogP contribution in [0.1, 0.15) is 30.1 Å². The van der Waals surface area contributed by atoms with Gasteiger partial charge in [-0.15, -0.1) is 0 Å². The van der Waals surface area contributed by atoms with Gasteiger partial charge in [0, 0.05) is 25.4 Å². The molecule has 0 saturated carbocycles. The molecule has 1 atom stereocenters. The van der Waals surface area contributed by atoms with Crippen LogP contribution in [0, 0.1) is 0 Å². The van der Waals surface area contributed by atoms with Crippen molar-refractivity contribution >= 4 is 11.6 Å². The molecule has 0 aliphatic carbocycles. The highest BCUT2D eigenvalue weighted by atomic mass is 35.5. The monoisotopic (exact) mass is 265 g/mol. The summed E-state index contributed by atoms with van der Waals surface area (Å²) in [4.78, 5) is 4.12. The summed E-state index contributed by atoms with van der Waals surface area (Å²) in [6, 6.07) is 5.48. The Hall–Kier alpha value is -1.39. The smallest absolute Gasteiger partial charge is 0.101 e. The summed E-state index contributed by atoms with van der Waals surface area (Å²) in [5, 5.41) is 15.0. The zero-order valence-corrected chi connectivity index (χ0v) is 11.2. The van der Waals surface area contributed by atoms with Gasteiger partial charge in [-0.2, -0.15) is 5.10 Å². The number of aliphatic hydroxyl groups is 1. The van der Waals surface area contributed by atoms with Gasteiger partial charge in [0.25, 0.3) is 0 Å². The number of nitrogens with zero attached hydrogens (tertiary/aromatic N) is 3. The summed E-state index contributed by atoms with van der Waals surface area (Å²) < 4.78 is 1.80. The number of pyridine rings is 1. The molecule has 2 aromatic heterocycles. The number of aromatic nitrogens is 3. The van der Waals surface area contributed by atoms with E-state index in [2.05, 4.69) is 17.0 Å². The Bertz CT molecular complexity index is 522. The Morgan fingerprint density at radius 2 is 2.22 bits per heavy atom. The van der Waals surface area contributed by atoms with E-state index in [1.807, 2.05) is 13.1 Å². The van der Waals surface area contributed by atoms with Gasteiger partial charge in [-0.25, -0.2) is 0 Å². The highest BCUT2D eigenvalue weighted by Crippen LogP contribution is 2.18. The lowest BCUT2D eigenvalue weighted by atomic mass is 10.1. The molecule has 0 spiro atoms. The third kappa shape index (κ3) is 2.89. The molecule has 2 aromatic rings. The fourth-order valence-corrected chi connectivity index (χ4v) is 1.93. The average molecular weight is 266 g/mol. The lowest BCUT2D eigenvalue weighted by Gasteiger charge is -2.09. The number of hydrogen-bond acceptors (Lipinski definition) is 3. The summed E-state index contributed by atoms with van der Waals surface area (Å²) in [6.07, 6.45) is 2.30. The number of halogens is 1. The molecule has 5 heteroatoms. The van der Waals surface area contributed by atoms with Crippen molar-refractivity contribution in [2.45, 2.75) is 25.9 Å². The Kier molecular flexibility index (Phi) is 3.99. The molecule has 0 aliphatic rings. The van der Waals surface area contributed by atoms with Gasteiger partial charge in [-0.1, -0.05) is 18.5 Å². The number of hydrogen-bond donors (Lipinski definition) is 1. The Balaban J connectivity index is 2.13. The first-order chi connectivity index (χ1) is 8.60. The zero-order chi connectivity index (χ0) is 13.1. The van der Waals surface area contributed by atoms with Crippen LogP contribution in [0.15, 0.2) is 24.4 Å². The minimum Gasteiger partial charge on any atom is -0.386 e. The fraction of sp³-hybridized carbons (Fsp3) is 0.385.